The predicted octanol–water partition coefficient (Wildman–Crippen LogP) is 1.33. The first-order valence-corrected chi connectivity index (χ1v) is 13.8. The first-order valence-electron chi connectivity index (χ1n) is 12.3. The molecule has 214 valence electrons. The summed E-state index contributed by atoms with van der Waals surface area (Å²) in [4.78, 5) is 17.4. The number of hydrogen-bond donors (Lipinski definition) is 6. The van der Waals surface area contributed by atoms with Crippen LogP contribution >= 0.6 is 0 Å². The number of aromatic nitrogens is 4. The number of para-hydroxylation sites is 2. The number of hydrazine groups is 3. The second kappa shape index (κ2) is 12.4. The zero-order chi connectivity index (χ0) is 28.8. The predicted molar refractivity (Wildman–Crippen MR) is 146 cm³/mol. The molecule has 6 N–H and O–H groups in total. The summed E-state index contributed by atoms with van der Waals surface area (Å²) in [5, 5.41) is 9.25. The van der Waals surface area contributed by atoms with Gasteiger partial charge >= 0.3 is 0 Å². The van der Waals surface area contributed by atoms with Crippen LogP contribution in [-0.2, 0) is 10.0 Å². The Kier molecular flexibility index (Phi) is 8.48. The molecule has 5 rings (SSSR count). The Morgan fingerprint density at radius 2 is 1.80 bits per heavy atom. The minimum atomic E-state index is -4.23. The number of aryl methyl sites for hydroxylation is 1. The molecule has 0 spiro atoms. The van der Waals surface area contributed by atoms with Gasteiger partial charge in [-0.3, -0.25) is 9.71 Å². The van der Waals surface area contributed by atoms with Crippen LogP contribution in [0.3, 0.4) is 0 Å². The summed E-state index contributed by atoms with van der Waals surface area (Å²) in [6, 6.07) is 13.1. The fraction of sp³-hybridized carbons (Fsp3) is 0.200. The van der Waals surface area contributed by atoms with E-state index in [-0.39, 0.29) is 53.4 Å². The summed E-state index contributed by atoms with van der Waals surface area (Å²) in [5.41, 5.74) is 13.2. The van der Waals surface area contributed by atoms with Gasteiger partial charge in [0.05, 0.1) is 19.4 Å². The van der Waals surface area contributed by atoms with E-state index in [1.165, 1.54) is 19.4 Å². The number of aliphatic hydroxyl groups excluding tert-OH is 1. The highest BCUT2D eigenvalue weighted by molar-refractivity contribution is 7.92. The first kappa shape index (κ1) is 28.1. The van der Waals surface area contributed by atoms with Crippen molar-refractivity contribution in [3.63, 3.8) is 0 Å². The van der Waals surface area contributed by atoms with Gasteiger partial charge in [-0.2, -0.15) is 24.5 Å². The summed E-state index contributed by atoms with van der Waals surface area (Å²) in [6.45, 7) is 1.31. The topological polar surface area (TPSA) is 194 Å². The third-order valence-electron chi connectivity index (χ3n) is 5.67. The van der Waals surface area contributed by atoms with Gasteiger partial charge in [0.25, 0.3) is 15.9 Å². The number of nitrogens with one attached hydrogen (secondary N) is 5. The van der Waals surface area contributed by atoms with Gasteiger partial charge in [-0.15, -0.1) is 0 Å². The standard InChI is InChI=1S/C25H27N9O6S/c1-15-7-8-20(27-14-15)41(36,37)32-24-21(40-19-6-4-3-5-18(19)38-2)25(39-12-11-35)29-22(28-24)16-9-10-26-17(13-16)23-30-33-34-31-23/h3-10,13-14,23,30-31,33-35H,11-12H2,1-2H3,(H,28,29,32). The van der Waals surface area contributed by atoms with Crippen LogP contribution in [0.5, 0.6) is 23.1 Å². The summed E-state index contributed by atoms with van der Waals surface area (Å²) >= 11 is 0. The number of ether oxygens (including phenoxy) is 3. The number of aliphatic hydroxyl groups is 1. The van der Waals surface area contributed by atoms with Crippen LogP contribution < -0.4 is 40.9 Å². The summed E-state index contributed by atoms with van der Waals surface area (Å²) in [6.07, 6.45) is 2.62. The van der Waals surface area contributed by atoms with Crippen LogP contribution in [0, 0.1) is 6.92 Å². The SMILES string of the molecule is COc1ccccc1Oc1c(NS(=O)(=O)c2ccc(C)cn2)nc(-c2ccnc(C3NNNN3)c2)nc1OCCO. The summed E-state index contributed by atoms with van der Waals surface area (Å²) in [7, 11) is -2.76. The van der Waals surface area contributed by atoms with Crippen LogP contribution in [0.25, 0.3) is 11.4 Å². The van der Waals surface area contributed by atoms with E-state index in [9.17, 15) is 13.5 Å². The smallest absolute Gasteiger partial charge is 0.280 e. The Morgan fingerprint density at radius 3 is 2.51 bits per heavy atom. The zero-order valence-corrected chi connectivity index (χ0v) is 22.8. The van der Waals surface area contributed by atoms with Crippen molar-refractivity contribution in [2.24, 2.45) is 0 Å². The highest BCUT2D eigenvalue weighted by atomic mass is 32.2. The quantitative estimate of drug-likeness (QED) is 0.148. The molecule has 0 radical (unpaired) electrons. The lowest BCUT2D eigenvalue weighted by Crippen LogP contribution is -2.33. The first-order chi connectivity index (χ1) is 19.9. The minimum Gasteiger partial charge on any atom is -0.493 e. The van der Waals surface area contributed by atoms with Crippen molar-refractivity contribution in [1.82, 2.24) is 41.9 Å². The average molecular weight is 582 g/mol. The molecule has 0 amide bonds. The molecular weight excluding hydrogens is 554 g/mol. The van der Waals surface area contributed by atoms with Crippen molar-refractivity contribution in [3.05, 3.63) is 72.2 Å². The Balaban J connectivity index is 1.65. The van der Waals surface area contributed by atoms with Crippen LogP contribution in [0.1, 0.15) is 17.4 Å². The van der Waals surface area contributed by atoms with E-state index < -0.39 is 10.0 Å². The normalized spacial score (nSPS) is 13.6. The molecule has 0 aliphatic carbocycles. The monoisotopic (exact) mass is 581 g/mol. The number of pyridine rings is 2. The molecule has 1 fully saturated rings. The van der Waals surface area contributed by atoms with Gasteiger partial charge in [0.1, 0.15) is 12.8 Å². The van der Waals surface area contributed by atoms with E-state index in [2.05, 4.69) is 46.6 Å². The fourth-order valence-electron chi connectivity index (χ4n) is 3.71. The minimum absolute atomic E-state index is 0.0995. The van der Waals surface area contributed by atoms with Crippen LogP contribution in [0.4, 0.5) is 5.82 Å². The molecule has 4 heterocycles. The van der Waals surface area contributed by atoms with Crippen molar-refractivity contribution < 1.29 is 27.7 Å². The van der Waals surface area contributed by atoms with Gasteiger partial charge in [-0.05, 0) is 42.8 Å². The fourth-order valence-corrected chi connectivity index (χ4v) is 4.65. The van der Waals surface area contributed by atoms with Gasteiger partial charge in [0, 0.05) is 18.0 Å². The lowest BCUT2D eigenvalue weighted by atomic mass is 10.2. The number of benzene rings is 1. The molecule has 1 aliphatic rings. The van der Waals surface area contributed by atoms with Gasteiger partial charge < -0.3 is 19.3 Å². The van der Waals surface area contributed by atoms with Crippen molar-refractivity contribution in [3.8, 4) is 34.5 Å². The number of methoxy groups -OCH3 is 1. The number of anilines is 1. The Hall–Kier alpha value is -4.45. The molecular formula is C25H27N9O6S. The third-order valence-corrected chi connectivity index (χ3v) is 6.92. The number of rotatable bonds is 11. The lowest BCUT2D eigenvalue weighted by Gasteiger charge is -2.18. The summed E-state index contributed by atoms with van der Waals surface area (Å²) < 4.78 is 46.5. The lowest BCUT2D eigenvalue weighted by molar-refractivity contribution is 0.192. The molecule has 1 saturated heterocycles. The Morgan fingerprint density at radius 1 is 1.02 bits per heavy atom. The van der Waals surface area contributed by atoms with Gasteiger partial charge in [-0.1, -0.05) is 18.2 Å². The molecule has 1 aliphatic heterocycles. The molecule has 3 aromatic heterocycles. The molecule has 15 nitrogen and oxygen atoms in total. The van der Waals surface area contributed by atoms with E-state index in [1.54, 1.807) is 55.6 Å². The number of hydrogen-bond acceptors (Lipinski definition) is 14. The van der Waals surface area contributed by atoms with E-state index in [4.69, 9.17) is 14.2 Å². The van der Waals surface area contributed by atoms with Crippen molar-refractivity contribution >= 4 is 15.8 Å². The van der Waals surface area contributed by atoms with Crippen molar-refractivity contribution in [1.29, 1.82) is 0 Å². The van der Waals surface area contributed by atoms with E-state index >= 15 is 0 Å². The van der Waals surface area contributed by atoms with Gasteiger partial charge in [-0.25, -0.2) is 20.8 Å². The highest BCUT2D eigenvalue weighted by Crippen LogP contribution is 2.41. The molecule has 0 bridgehead atoms. The molecule has 0 atom stereocenters. The van der Waals surface area contributed by atoms with Gasteiger partial charge in [0.2, 0.25) is 5.75 Å². The van der Waals surface area contributed by atoms with E-state index in [0.29, 0.717) is 17.0 Å². The summed E-state index contributed by atoms with van der Waals surface area (Å²) in [5.74, 6) is 0.222. The molecule has 41 heavy (non-hydrogen) atoms. The largest absolute Gasteiger partial charge is 0.493 e. The molecule has 1 aromatic carbocycles. The zero-order valence-electron chi connectivity index (χ0n) is 22.0. The molecule has 0 saturated carbocycles. The third kappa shape index (κ3) is 6.49. The van der Waals surface area contributed by atoms with E-state index in [1.807, 2.05) is 0 Å². The van der Waals surface area contributed by atoms with Crippen molar-refractivity contribution in [2.45, 2.75) is 18.1 Å². The molecule has 0 unspecified atom stereocenters. The molecule has 4 aromatic rings. The van der Waals surface area contributed by atoms with Crippen LogP contribution in [0.15, 0.2) is 66.0 Å². The second-order valence-corrected chi connectivity index (χ2v) is 10.2. The second-order valence-electron chi connectivity index (χ2n) is 8.58. The van der Waals surface area contributed by atoms with Crippen LogP contribution in [0.2, 0.25) is 0 Å². The molecule has 16 heteroatoms. The maximum Gasteiger partial charge on any atom is 0.280 e. The number of nitrogens with zero attached hydrogens (tertiary/aromatic N) is 4. The Labute approximate surface area is 235 Å². The van der Waals surface area contributed by atoms with E-state index in [0.717, 1.165) is 5.56 Å². The maximum atomic E-state index is 13.4. The maximum absolute atomic E-state index is 13.4. The van der Waals surface area contributed by atoms with Crippen LogP contribution in [-0.4, -0.2) is 53.8 Å². The number of sulfonamides is 1. The van der Waals surface area contributed by atoms with Crippen molar-refractivity contribution in [2.75, 3.05) is 25.0 Å². The highest BCUT2D eigenvalue weighted by Gasteiger charge is 2.26. The Bertz CT molecular complexity index is 1620. The van der Waals surface area contributed by atoms with Gasteiger partial charge in [0.15, 0.2) is 28.2 Å². The average Bonchev–Trinajstić information content (AvgIpc) is 3.53.